The van der Waals surface area contributed by atoms with Gasteiger partial charge in [-0.1, -0.05) is 83.1 Å². The summed E-state index contributed by atoms with van der Waals surface area (Å²) in [7, 11) is 0. The molecule has 2 N–H and O–H groups in total. The van der Waals surface area contributed by atoms with Gasteiger partial charge in [0, 0.05) is 0 Å². The highest BCUT2D eigenvalue weighted by atomic mass is 16.8. The van der Waals surface area contributed by atoms with E-state index in [0.717, 1.165) is 19.3 Å². The van der Waals surface area contributed by atoms with Gasteiger partial charge in [0.25, 0.3) is 0 Å². The molecule has 0 aromatic carbocycles. The summed E-state index contributed by atoms with van der Waals surface area (Å²) in [6.45, 7) is 22.9. The van der Waals surface area contributed by atoms with Crippen molar-refractivity contribution >= 4 is 35.8 Å². The molecule has 3 aliphatic carbocycles. The first kappa shape index (κ1) is 55.6. The molecule has 19 atom stereocenters. The van der Waals surface area contributed by atoms with Crippen molar-refractivity contribution < 1.29 is 76.9 Å². The second-order valence-corrected chi connectivity index (χ2v) is 22.8. The van der Waals surface area contributed by atoms with Gasteiger partial charge < -0.3 is 48.1 Å². The fraction of sp³-hybridized carbons (Fsp3) is 0.885. The number of ether oxygens (including phenoxy) is 8. The Balaban J connectivity index is 1.20. The van der Waals surface area contributed by atoms with Crippen LogP contribution in [0.15, 0.2) is 0 Å². The van der Waals surface area contributed by atoms with Crippen LogP contribution in [0.2, 0.25) is 0 Å². The molecular formula is C52H84O16. The van der Waals surface area contributed by atoms with Crippen LogP contribution in [0.3, 0.4) is 0 Å². The predicted octanol–water partition coefficient (Wildman–Crippen LogP) is 6.39. The van der Waals surface area contributed by atoms with Gasteiger partial charge in [0.2, 0.25) is 12.6 Å². The molecule has 0 amide bonds. The summed E-state index contributed by atoms with van der Waals surface area (Å²) in [6.07, 6.45) is 0.163. The first-order valence-electron chi connectivity index (χ1n) is 25.6. The maximum absolute atomic E-state index is 14.1. The molecule has 5 aliphatic rings. The summed E-state index contributed by atoms with van der Waals surface area (Å²) >= 11 is 0. The molecule has 5 fully saturated rings. The molecule has 0 bridgehead atoms. The highest BCUT2D eigenvalue weighted by molar-refractivity contribution is 5.85. The van der Waals surface area contributed by atoms with Gasteiger partial charge in [0.15, 0.2) is 0 Å². The van der Waals surface area contributed by atoms with Crippen LogP contribution in [0.1, 0.15) is 122 Å². The minimum atomic E-state index is -1.39. The van der Waals surface area contributed by atoms with E-state index in [1.54, 1.807) is 0 Å². The average Bonchev–Trinajstić information content (AvgIpc) is 4.21. The molecule has 2 heterocycles. The normalized spacial score (nSPS) is 36.6. The molecule has 16 heteroatoms. The van der Waals surface area contributed by atoms with Crippen LogP contribution in [-0.4, -0.2) is 110 Å². The molecule has 68 heavy (non-hydrogen) atoms. The maximum atomic E-state index is 14.1. The molecule has 3 saturated carbocycles. The molecule has 0 aromatic rings. The Morgan fingerprint density at radius 2 is 0.662 bits per heavy atom. The third kappa shape index (κ3) is 14.8. The van der Waals surface area contributed by atoms with Gasteiger partial charge in [-0.2, -0.15) is 0 Å². The highest BCUT2D eigenvalue weighted by Gasteiger charge is 2.53. The maximum Gasteiger partial charge on any atom is 0.312 e. The molecule has 5 rings (SSSR count). The number of hydrogen-bond acceptors (Lipinski definition) is 16. The van der Waals surface area contributed by atoms with E-state index in [4.69, 9.17) is 37.9 Å². The van der Waals surface area contributed by atoms with Crippen LogP contribution in [0.4, 0.5) is 0 Å². The largest absolute Gasteiger partial charge is 0.463 e. The zero-order valence-corrected chi connectivity index (χ0v) is 42.8. The average molecular weight is 965 g/mol. The van der Waals surface area contributed by atoms with Gasteiger partial charge in [-0.3, -0.25) is 28.8 Å². The van der Waals surface area contributed by atoms with Crippen LogP contribution in [0, 0.1) is 107 Å². The number of esters is 6. The number of hydrogen-bond donors (Lipinski definition) is 2. The summed E-state index contributed by atoms with van der Waals surface area (Å²) in [5.74, 6) is -8.77. The van der Waals surface area contributed by atoms with Gasteiger partial charge in [-0.05, 0) is 110 Å². The Bertz CT molecular complexity index is 1710. The van der Waals surface area contributed by atoms with Gasteiger partial charge in [-0.15, -0.1) is 0 Å². The summed E-state index contributed by atoms with van der Waals surface area (Å²) < 4.78 is 44.1. The zero-order chi connectivity index (χ0) is 50.3. The van der Waals surface area contributed by atoms with Crippen molar-refractivity contribution in [3.63, 3.8) is 0 Å². The van der Waals surface area contributed by atoms with Crippen LogP contribution < -0.4 is 0 Å². The lowest BCUT2D eigenvalue weighted by Gasteiger charge is -2.43. The Morgan fingerprint density at radius 1 is 0.426 bits per heavy atom. The van der Waals surface area contributed by atoms with E-state index in [9.17, 15) is 39.0 Å². The number of aliphatic hydroxyl groups is 2. The fourth-order valence-electron chi connectivity index (χ4n) is 11.9. The predicted molar refractivity (Wildman–Crippen MR) is 246 cm³/mol. The van der Waals surface area contributed by atoms with E-state index >= 15 is 0 Å². The van der Waals surface area contributed by atoms with Crippen LogP contribution in [-0.2, 0) is 66.7 Å². The number of aliphatic hydroxyl groups excluding tert-OH is 2. The second kappa shape index (κ2) is 24.7. The van der Waals surface area contributed by atoms with Crippen molar-refractivity contribution in [1.82, 2.24) is 0 Å². The van der Waals surface area contributed by atoms with Crippen molar-refractivity contribution in [1.29, 1.82) is 0 Å². The van der Waals surface area contributed by atoms with Crippen LogP contribution in [0.25, 0.3) is 0 Å². The topological polar surface area (TPSA) is 223 Å². The Kier molecular flexibility index (Phi) is 20.2. The number of carbonyl (C=O) groups excluding carboxylic acids is 6. The number of carbonyl (C=O) groups is 6. The summed E-state index contributed by atoms with van der Waals surface area (Å²) in [4.78, 5) is 82.8. The third-order valence-electron chi connectivity index (χ3n) is 15.8. The Labute approximate surface area is 404 Å². The molecular weight excluding hydrogens is 881 g/mol. The van der Waals surface area contributed by atoms with Gasteiger partial charge in [0.1, 0.15) is 51.8 Å². The lowest BCUT2D eigenvalue weighted by Crippen LogP contribution is -2.49. The van der Waals surface area contributed by atoms with E-state index in [1.165, 1.54) is 0 Å². The lowest BCUT2D eigenvalue weighted by atomic mass is 9.61. The van der Waals surface area contributed by atoms with Crippen molar-refractivity contribution in [2.24, 2.45) is 107 Å². The molecule has 0 aromatic heterocycles. The molecule has 19 unspecified atom stereocenters. The molecule has 2 aliphatic heterocycles. The fourth-order valence-corrected chi connectivity index (χ4v) is 11.9. The van der Waals surface area contributed by atoms with Crippen LogP contribution >= 0.6 is 0 Å². The Morgan fingerprint density at radius 3 is 0.926 bits per heavy atom. The Hall–Kier alpha value is -3.34. The molecule has 16 nitrogen and oxygen atoms in total. The molecule has 388 valence electrons. The van der Waals surface area contributed by atoms with Gasteiger partial charge in [0.05, 0.1) is 35.5 Å². The summed E-state index contributed by atoms with van der Waals surface area (Å²) in [6, 6.07) is 0. The zero-order valence-electron chi connectivity index (χ0n) is 42.8. The van der Waals surface area contributed by atoms with E-state index in [0.29, 0.717) is 32.5 Å². The van der Waals surface area contributed by atoms with E-state index in [1.807, 2.05) is 41.5 Å². The summed E-state index contributed by atoms with van der Waals surface area (Å²) in [5, 5.41) is 22.1. The second-order valence-electron chi connectivity index (χ2n) is 22.8. The monoisotopic (exact) mass is 965 g/mol. The SMILES string of the molecule is CC(C)CC1CC(C)C(C)C(C(=O)OCC(O)COC(=O)C2C(C)C(C)CC(CC(C)C)C2C(=O)OC2CO2)C1C(=O)OCC(O)COC(=O)C1C(CC(C)C)CC(C)C(C)C1C(=O)OC1CO1. The van der Waals surface area contributed by atoms with Gasteiger partial charge >= 0.3 is 35.8 Å². The van der Waals surface area contributed by atoms with Crippen molar-refractivity contribution in [2.75, 3.05) is 39.6 Å². The minimum Gasteiger partial charge on any atom is -0.463 e. The van der Waals surface area contributed by atoms with E-state index in [-0.39, 0.29) is 71.0 Å². The van der Waals surface area contributed by atoms with Crippen molar-refractivity contribution in [2.45, 2.75) is 146 Å². The molecule has 0 spiro atoms. The first-order valence-corrected chi connectivity index (χ1v) is 25.6. The van der Waals surface area contributed by atoms with Crippen LogP contribution in [0.5, 0.6) is 0 Å². The van der Waals surface area contributed by atoms with Crippen molar-refractivity contribution in [3.05, 3.63) is 0 Å². The standard InChI is InChI=1S/C52H84O16/c1-25(2)13-34-16-28(7)31(10)41(47(55)63-19-37(53)20-64-48(56)42-32(11)29(8)18-36(15-27(5)6)46(42)52(60)68-40-24-62-40)44(34)49(57)65-21-38(54)22-66-50(58)45-35(14-26(3)4)17-30(9)33(12)43(45)51(59)67-39-23-61-39/h25-46,53-54H,13-24H2,1-12H3. The van der Waals surface area contributed by atoms with E-state index in [2.05, 4.69) is 41.5 Å². The minimum absolute atomic E-state index is 0.0321. The van der Waals surface area contributed by atoms with E-state index < -0.39 is 123 Å². The molecule has 0 radical (unpaired) electrons. The quantitative estimate of drug-likeness (QED) is 0.0681. The smallest absolute Gasteiger partial charge is 0.312 e. The summed E-state index contributed by atoms with van der Waals surface area (Å²) in [5.41, 5.74) is 0. The highest BCUT2D eigenvalue weighted by Crippen LogP contribution is 2.49. The number of epoxide rings is 2. The first-order chi connectivity index (χ1) is 32.0. The third-order valence-corrected chi connectivity index (χ3v) is 15.8. The van der Waals surface area contributed by atoms with Crippen molar-refractivity contribution in [3.8, 4) is 0 Å². The van der Waals surface area contributed by atoms with Gasteiger partial charge in [-0.25, -0.2) is 0 Å². The molecule has 2 saturated heterocycles. The number of rotatable bonds is 22. The lowest BCUT2D eigenvalue weighted by molar-refractivity contribution is -0.179.